The third kappa shape index (κ3) is 3.26. The van der Waals surface area contributed by atoms with E-state index < -0.39 is 23.6 Å². The van der Waals surface area contributed by atoms with Gasteiger partial charge in [-0.2, -0.15) is 0 Å². The normalized spacial score (nSPS) is 14.3. The number of aldehydes is 2. The van der Waals surface area contributed by atoms with Crippen molar-refractivity contribution in [1.82, 2.24) is 0 Å². The Bertz CT molecular complexity index is 444. The zero-order valence-corrected chi connectivity index (χ0v) is 10.8. The maximum atomic E-state index is 11.4. The molecule has 0 aliphatic heterocycles. The van der Waals surface area contributed by atoms with Crippen molar-refractivity contribution in [2.75, 3.05) is 0 Å². The van der Waals surface area contributed by atoms with Gasteiger partial charge in [0, 0.05) is 5.92 Å². The SMILES string of the molecule is CC(O)C(=O)OC(C=O)(C=O)C(C)c1ccccc1. The van der Waals surface area contributed by atoms with Gasteiger partial charge in [-0.15, -0.1) is 0 Å². The van der Waals surface area contributed by atoms with E-state index in [9.17, 15) is 14.4 Å². The fourth-order valence-electron chi connectivity index (χ4n) is 1.63. The molecule has 0 amide bonds. The van der Waals surface area contributed by atoms with Crippen LogP contribution in [-0.2, 0) is 19.1 Å². The van der Waals surface area contributed by atoms with Crippen molar-refractivity contribution in [2.45, 2.75) is 31.5 Å². The topological polar surface area (TPSA) is 80.7 Å². The van der Waals surface area contributed by atoms with E-state index in [1.54, 1.807) is 37.3 Å². The van der Waals surface area contributed by atoms with Crippen LogP contribution in [0, 0.1) is 0 Å². The fraction of sp³-hybridized carbons (Fsp3) is 0.357. The minimum atomic E-state index is -1.92. The summed E-state index contributed by atoms with van der Waals surface area (Å²) in [5.74, 6) is -1.66. The summed E-state index contributed by atoms with van der Waals surface area (Å²) < 4.78 is 4.89. The highest BCUT2D eigenvalue weighted by molar-refractivity contribution is 5.93. The van der Waals surface area contributed by atoms with E-state index >= 15 is 0 Å². The van der Waals surface area contributed by atoms with Crippen LogP contribution < -0.4 is 0 Å². The highest BCUT2D eigenvalue weighted by Crippen LogP contribution is 2.28. The Morgan fingerprint density at radius 3 is 2.16 bits per heavy atom. The van der Waals surface area contributed by atoms with Crippen LogP contribution in [0.5, 0.6) is 0 Å². The molecular formula is C14H16O5. The molecule has 0 aliphatic rings. The molecule has 1 rings (SSSR count). The number of hydrogen-bond donors (Lipinski definition) is 1. The summed E-state index contributed by atoms with van der Waals surface area (Å²) in [6.07, 6.45) is -0.821. The smallest absolute Gasteiger partial charge is 0.336 e. The largest absolute Gasteiger partial charge is 0.441 e. The lowest BCUT2D eigenvalue weighted by atomic mass is 9.85. The number of carbonyl (C=O) groups is 3. The van der Waals surface area contributed by atoms with Gasteiger partial charge in [0.1, 0.15) is 6.10 Å². The van der Waals surface area contributed by atoms with Gasteiger partial charge < -0.3 is 9.84 Å². The van der Waals surface area contributed by atoms with Crippen LogP contribution in [0.3, 0.4) is 0 Å². The Hall–Kier alpha value is -2.01. The third-order valence-electron chi connectivity index (χ3n) is 2.96. The molecule has 2 atom stereocenters. The molecule has 0 bridgehead atoms. The van der Waals surface area contributed by atoms with Gasteiger partial charge in [0.25, 0.3) is 0 Å². The third-order valence-corrected chi connectivity index (χ3v) is 2.96. The molecule has 1 aromatic rings. The highest BCUT2D eigenvalue weighted by Gasteiger charge is 2.41. The predicted octanol–water partition coefficient (Wildman–Crippen LogP) is 0.851. The van der Waals surface area contributed by atoms with Crippen molar-refractivity contribution < 1.29 is 24.2 Å². The number of carbonyl (C=O) groups excluding carboxylic acids is 3. The number of hydrogen-bond acceptors (Lipinski definition) is 5. The standard InChI is InChI=1S/C14H16O5/c1-10(12-6-4-3-5-7-12)14(8-15,9-16)19-13(18)11(2)17/h3-11,17H,1-2H3. The zero-order chi connectivity index (χ0) is 14.5. The average molecular weight is 264 g/mol. The van der Waals surface area contributed by atoms with Gasteiger partial charge in [-0.05, 0) is 12.5 Å². The highest BCUT2D eigenvalue weighted by atomic mass is 16.6. The van der Waals surface area contributed by atoms with Gasteiger partial charge in [-0.1, -0.05) is 37.3 Å². The van der Waals surface area contributed by atoms with Crippen molar-refractivity contribution in [3.8, 4) is 0 Å². The van der Waals surface area contributed by atoms with E-state index in [1.165, 1.54) is 6.92 Å². The molecule has 2 unspecified atom stereocenters. The summed E-state index contributed by atoms with van der Waals surface area (Å²) in [5.41, 5.74) is -1.24. The number of rotatable bonds is 6. The molecule has 19 heavy (non-hydrogen) atoms. The van der Waals surface area contributed by atoms with E-state index in [4.69, 9.17) is 9.84 Å². The van der Waals surface area contributed by atoms with E-state index in [1.807, 2.05) is 0 Å². The number of esters is 1. The molecule has 0 radical (unpaired) electrons. The molecule has 0 fully saturated rings. The summed E-state index contributed by atoms with van der Waals surface area (Å²) >= 11 is 0. The molecule has 0 aromatic heterocycles. The first-order valence-electron chi connectivity index (χ1n) is 5.85. The number of aliphatic hydroxyl groups excluding tert-OH is 1. The second-order valence-corrected chi connectivity index (χ2v) is 4.32. The lowest BCUT2D eigenvalue weighted by Crippen LogP contribution is -2.45. The molecule has 0 heterocycles. The summed E-state index contributed by atoms with van der Waals surface area (Å²) in [4.78, 5) is 33.9. The molecule has 5 heteroatoms. The maximum Gasteiger partial charge on any atom is 0.336 e. The molecule has 0 saturated heterocycles. The lowest BCUT2D eigenvalue weighted by molar-refractivity contribution is -0.173. The molecule has 0 aliphatic carbocycles. The van der Waals surface area contributed by atoms with Crippen molar-refractivity contribution in [3.05, 3.63) is 35.9 Å². The van der Waals surface area contributed by atoms with Gasteiger partial charge >= 0.3 is 5.97 Å². The van der Waals surface area contributed by atoms with Crippen molar-refractivity contribution in [2.24, 2.45) is 0 Å². The number of benzene rings is 1. The summed E-state index contributed by atoms with van der Waals surface area (Å²) in [5, 5.41) is 9.12. The van der Waals surface area contributed by atoms with E-state index in [-0.39, 0.29) is 12.6 Å². The van der Waals surface area contributed by atoms with Crippen molar-refractivity contribution in [3.63, 3.8) is 0 Å². The number of aliphatic hydroxyl groups is 1. The molecule has 0 saturated carbocycles. The number of ether oxygens (including phenoxy) is 1. The monoisotopic (exact) mass is 264 g/mol. The molecule has 1 aromatic carbocycles. The minimum absolute atomic E-state index is 0.290. The summed E-state index contributed by atoms with van der Waals surface area (Å²) in [6.45, 7) is 2.81. The second-order valence-electron chi connectivity index (χ2n) is 4.32. The predicted molar refractivity (Wildman–Crippen MR) is 67.5 cm³/mol. The maximum absolute atomic E-state index is 11.4. The van der Waals surface area contributed by atoms with Crippen LogP contribution in [-0.4, -0.2) is 35.4 Å². The van der Waals surface area contributed by atoms with Gasteiger partial charge in [0.15, 0.2) is 12.6 Å². The molecule has 102 valence electrons. The Morgan fingerprint density at radius 1 is 1.21 bits per heavy atom. The summed E-state index contributed by atoms with van der Waals surface area (Å²) in [7, 11) is 0. The first-order chi connectivity index (χ1) is 8.96. The van der Waals surface area contributed by atoms with Gasteiger partial charge in [-0.25, -0.2) is 4.79 Å². The van der Waals surface area contributed by atoms with Gasteiger partial charge in [-0.3, -0.25) is 9.59 Å². The molecule has 5 nitrogen and oxygen atoms in total. The lowest BCUT2D eigenvalue weighted by Gasteiger charge is -2.29. The van der Waals surface area contributed by atoms with Gasteiger partial charge in [0.05, 0.1) is 0 Å². The molecule has 1 N–H and O–H groups in total. The van der Waals surface area contributed by atoms with Crippen LogP contribution in [0.1, 0.15) is 25.3 Å². The minimum Gasteiger partial charge on any atom is -0.441 e. The van der Waals surface area contributed by atoms with Crippen molar-refractivity contribution >= 4 is 18.5 Å². The zero-order valence-electron chi connectivity index (χ0n) is 10.8. The van der Waals surface area contributed by atoms with Crippen LogP contribution in [0.15, 0.2) is 30.3 Å². The second kappa shape index (κ2) is 6.24. The Labute approximate surface area is 111 Å². The van der Waals surface area contributed by atoms with Crippen LogP contribution >= 0.6 is 0 Å². The van der Waals surface area contributed by atoms with Crippen LogP contribution in [0.2, 0.25) is 0 Å². The van der Waals surface area contributed by atoms with Crippen LogP contribution in [0.25, 0.3) is 0 Å². The Kier molecular flexibility index (Phi) is 4.94. The van der Waals surface area contributed by atoms with E-state index in [0.717, 1.165) is 0 Å². The molecular weight excluding hydrogens is 248 g/mol. The Morgan fingerprint density at radius 2 is 1.74 bits per heavy atom. The summed E-state index contributed by atoms with van der Waals surface area (Å²) in [6, 6.07) is 8.75. The van der Waals surface area contributed by atoms with Gasteiger partial charge in [0.2, 0.25) is 5.60 Å². The average Bonchev–Trinajstić information content (AvgIpc) is 2.44. The Balaban J connectivity index is 3.09. The first-order valence-corrected chi connectivity index (χ1v) is 5.85. The van der Waals surface area contributed by atoms with E-state index in [2.05, 4.69) is 0 Å². The fourth-order valence-corrected chi connectivity index (χ4v) is 1.63. The van der Waals surface area contributed by atoms with Crippen molar-refractivity contribution in [1.29, 1.82) is 0 Å². The van der Waals surface area contributed by atoms with Crippen LogP contribution in [0.4, 0.5) is 0 Å². The molecule has 0 spiro atoms. The quantitative estimate of drug-likeness (QED) is 0.468. The first kappa shape index (κ1) is 15.0. The van der Waals surface area contributed by atoms with E-state index in [0.29, 0.717) is 5.56 Å².